The summed E-state index contributed by atoms with van der Waals surface area (Å²) in [6.45, 7) is 0.683. The number of ether oxygens (including phenoxy) is 3. The van der Waals surface area contributed by atoms with Gasteiger partial charge >= 0.3 is 0 Å². The molecule has 0 radical (unpaired) electrons. The van der Waals surface area contributed by atoms with Crippen LogP contribution >= 0.6 is 0 Å². The molecule has 1 unspecified atom stereocenters. The Morgan fingerprint density at radius 3 is 2.79 bits per heavy atom. The Balaban J connectivity index is 1.80. The van der Waals surface area contributed by atoms with Gasteiger partial charge in [-0.05, 0) is 37.1 Å². The van der Waals surface area contributed by atoms with E-state index in [4.69, 9.17) is 19.0 Å². The average Bonchev–Trinajstić information content (AvgIpc) is 2.75. The number of hydrogen-bond donors (Lipinski definition) is 2. The molecule has 0 aliphatic carbocycles. The van der Waals surface area contributed by atoms with Crippen molar-refractivity contribution in [3.8, 4) is 11.5 Å². The lowest BCUT2D eigenvalue weighted by Crippen LogP contribution is -2.22. The van der Waals surface area contributed by atoms with Gasteiger partial charge in [0.05, 0.1) is 19.4 Å². The van der Waals surface area contributed by atoms with Gasteiger partial charge in [-0.3, -0.25) is 4.98 Å². The first-order valence-corrected chi connectivity index (χ1v) is 9.10. The summed E-state index contributed by atoms with van der Waals surface area (Å²) in [4.78, 5) is 9.79. The van der Waals surface area contributed by atoms with Gasteiger partial charge in [0.2, 0.25) is 6.29 Å². The van der Waals surface area contributed by atoms with Crippen LogP contribution in [0, 0.1) is 0 Å². The van der Waals surface area contributed by atoms with E-state index in [1.807, 2.05) is 12.1 Å². The number of aliphatic hydroxyl groups is 2. The molecule has 0 amide bonds. The molecule has 0 bridgehead atoms. The maximum Gasteiger partial charge on any atom is 0.226 e. The fourth-order valence-electron chi connectivity index (χ4n) is 2.71. The molecule has 1 aliphatic rings. The summed E-state index contributed by atoms with van der Waals surface area (Å²) in [7, 11) is 1.56. The molecule has 1 aromatic heterocycles. The topological polar surface area (TPSA) is 103 Å². The van der Waals surface area contributed by atoms with E-state index in [-0.39, 0.29) is 6.61 Å². The van der Waals surface area contributed by atoms with E-state index in [1.54, 1.807) is 19.2 Å². The molecule has 2 aromatic rings. The Labute approximate surface area is 163 Å². The van der Waals surface area contributed by atoms with Crippen molar-refractivity contribution in [1.82, 2.24) is 4.98 Å². The molecule has 1 atom stereocenters. The van der Waals surface area contributed by atoms with Gasteiger partial charge in [0, 0.05) is 18.2 Å². The van der Waals surface area contributed by atoms with Crippen LogP contribution in [0.3, 0.4) is 0 Å². The van der Waals surface area contributed by atoms with E-state index in [0.717, 1.165) is 19.3 Å². The summed E-state index contributed by atoms with van der Waals surface area (Å²) in [5.41, 5.74) is 1.10. The van der Waals surface area contributed by atoms with Crippen LogP contribution in [0.15, 0.2) is 47.8 Å². The Bertz CT molecular complexity index is 790. The molecule has 2 N–H and O–H groups in total. The van der Waals surface area contributed by atoms with Crippen LogP contribution in [-0.4, -0.2) is 47.5 Å². The average molecular weight is 388 g/mol. The minimum atomic E-state index is -1.61. The second-order valence-corrected chi connectivity index (χ2v) is 6.23. The molecule has 28 heavy (non-hydrogen) atoms. The number of aliphatic hydroxyl groups excluding tert-OH is 1. The van der Waals surface area contributed by atoms with E-state index in [0.29, 0.717) is 35.1 Å². The highest BCUT2D eigenvalue weighted by Gasteiger charge is 2.17. The molecule has 150 valence electrons. The van der Waals surface area contributed by atoms with Gasteiger partial charge in [-0.1, -0.05) is 17.3 Å². The molecule has 0 saturated carbocycles. The zero-order chi connectivity index (χ0) is 19.8. The number of pyridine rings is 1. The first kappa shape index (κ1) is 20.1. The summed E-state index contributed by atoms with van der Waals surface area (Å²) in [6, 6.07) is 10.3. The van der Waals surface area contributed by atoms with E-state index >= 15 is 0 Å². The minimum absolute atomic E-state index is 0.0467. The highest BCUT2D eigenvalue weighted by Crippen LogP contribution is 2.26. The van der Waals surface area contributed by atoms with Crippen molar-refractivity contribution in [2.24, 2.45) is 5.16 Å². The van der Waals surface area contributed by atoms with Gasteiger partial charge in [0.15, 0.2) is 17.8 Å². The number of oxime groups is 1. The Morgan fingerprint density at radius 1 is 1.25 bits per heavy atom. The van der Waals surface area contributed by atoms with E-state index in [1.165, 1.54) is 18.3 Å². The molecule has 1 aliphatic heterocycles. The third-order valence-electron chi connectivity index (χ3n) is 4.23. The van der Waals surface area contributed by atoms with Crippen LogP contribution in [0.2, 0.25) is 0 Å². The number of benzene rings is 1. The number of nitrogens with zero attached hydrogens (tertiary/aromatic N) is 2. The molecular weight excluding hydrogens is 364 g/mol. The molecule has 1 fully saturated rings. The van der Waals surface area contributed by atoms with Gasteiger partial charge in [-0.25, -0.2) is 0 Å². The Hall–Kier alpha value is -2.68. The van der Waals surface area contributed by atoms with Crippen LogP contribution in [0.5, 0.6) is 11.5 Å². The third-order valence-corrected chi connectivity index (χ3v) is 4.23. The Kier molecular flexibility index (Phi) is 7.18. The summed E-state index contributed by atoms with van der Waals surface area (Å²) < 4.78 is 16.7. The third kappa shape index (κ3) is 5.41. The fraction of sp³-hybridized carbons (Fsp3) is 0.400. The van der Waals surface area contributed by atoms with E-state index in [2.05, 4.69) is 10.1 Å². The van der Waals surface area contributed by atoms with Gasteiger partial charge in [-0.15, -0.1) is 0 Å². The van der Waals surface area contributed by atoms with Crippen molar-refractivity contribution in [3.05, 3.63) is 53.9 Å². The van der Waals surface area contributed by atoms with Crippen molar-refractivity contribution in [3.63, 3.8) is 0 Å². The largest absolute Gasteiger partial charge is 0.493 e. The van der Waals surface area contributed by atoms with Crippen LogP contribution in [0.4, 0.5) is 0 Å². The first-order valence-electron chi connectivity index (χ1n) is 9.10. The molecule has 2 heterocycles. The van der Waals surface area contributed by atoms with E-state index in [9.17, 15) is 10.2 Å². The van der Waals surface area contributed by atoms with Crippen molar-refractivity contribution in [2.45, 2.75) is 31.8 Å². The molecule has 1 saturated heterocycles. The summed E-state index contributed by atoms with van der Waals surface area (Å²) in [6.07, 6.45) is 2.22. The zero-order valence-electron chi connectivity index (χ0n) is 15.7. The summed E-state index contributed by atoms with van der Waals surface area (Å²) >= 11 is 0. The lowest BCUT2D eigenvalue weighted by molar-refractivity contribution is -0.162. The summed E-state index contributed by atoms with van der Waals surface area (Å²) in [5.74, 6) is 1.14. The molecule has 8 nitrogen and oxygen atoms in total. The van der Waals surface area contributed by atoms with Crippen LogP contribution < -0.4 is 9.47 Å². The van der Waals surface area contributed by atoms with Crippen LogP contribution in [0.25, 0.3) is 0 Å². The predicted molar refractivity (Wildman–Crippen MR) is 101 cm³/mol. The number of rotatable bonds is 8. The fourth-order valence-corrected chi connectivity index (χ4v) is 2.71. The number of aromatic nitrogens is 1. The second-order valence-electron chi connectivity index (χ2n) is 6.23. The van der Waals surface area contributed by atoms with Gasteiger partial charge in [0.25, 0.3) is 0 Å². The quantitative estimate of drug-likeness (QED) is 0.407. The molecular formula is C20H24N2O6. The van der Waals surface area contributed by atoms with E-state index < -0.39 is 12.6 Å². The highest BCUT2D eigenvalue weighted by molar-refractivity contribution is 5.99. The monoisotopic (exact) mass is 388 g/mol. The normalized spacial score (nSPS) is 17.4. The maximum absolute atomic E-state index is 9.43. The zero-order valence-corrected chi connectivity index (χ0v) is 15.7. The Morgan fingerprint density at radius 2 is 2.07 bits per heavy atom. The van der Waals surface area contributed by atoms with Crippen LogP contribution in [-0.2, 0) is 9.57 Å². The van der Waals surface area contributed by atoms with Crippen LogP contribution in [0.1, 0.15) is 36.8 Å². The molecule has 8 heteroatoms. The SMILES string of the molecule is COc1ccccc1OC/C(=N\OC1CCCCO1)c1cc(C(O)O)ccn1. The number of para-hydroxylation sites is 2. The molecule has 3 rings (SSSR count). The van der Waals surface area contributed by atoms with Crippen molar-refractivity contribution in [1.29, 1.82) is 0 Å². The summed E-state index contributed by atoms with van der Waals surface area (Å²) in [5, 5.41) is 23.0. The van der Waals surface area contributed by atoms with Gasteiger partial charge in [-0.2, -0.15) is 0 Å². The predicted octanol–water partition coefficient (Wildman–Crippen LogP) is 2.40. The van der Waals surface area contributed by atoms with Gasteiger partial charge < -0.3 is 29.3 Å². The lowest BCUT2D eigenvalue weighted by atomic mass is 10.1. The highest BCUT2D eigenvalue weighted by atomic mass is 16.8. The first-order chi connectivity index (χ1) is 13.7. The van der Waals surface area contributed by atoms with Gasteiger partial charge in [0.1, 0.15) is 12.3 Å². The standard InChI is InChI=1S/C20H24N2O6/c1-25-17-6-2-3-7-18(17)27-13-16(22-28-19-8-4-5-11-26-19)15-12-14(20(23)24)9-10-21-15/h2-3,6-7,9-10,12,19-20,23-24H,4-5,8,11,13H2,1H3/b22-16+. The molecule has 0 spiro atoms. The molecule has 1 aromatic carbocycles. The van der Waals surface area contributed by atoms with Crippen molar-refractivity contribution in [2.75, 3.05) is 20.3 Å². The lowest BCUT2D eigenvalue weighted by Gasteiger charge is -2.20. The number of hydrogen-bond acceptors (Lipinski definition) is 8. The maximum atomic E-state index is 9.43. The smallest absolute Gasteiger partial charge is 0.226 e. The number of methoxy groups -OCH3 is 1. The van der Waals surface area contributed by atoms with Crippen molar-refractivity contribution < 1.29 is 29.3 Å². The van der Waals surface area contributed by atoms with Crippen molar-refractivity contribution >= 4 is 5.71 Å². The second kappa shape index (κ2) is 10.0. The minimum Gasteiger partial charge on any atom is -0.493 e.